The van der Waals surface area contributed by atoms with Crippen LogP contribution in [0.25, 0.3) is 0 Å². The molecule has 19 heavy (non-hydrogen) atoms. The molecule has 1 unspecified atom stereocenters. The number of aryl methyl sites for hydroxylation is 1. The molecule has 2 saturated heterocycles. The van der Waals surface area contributed by atoms with E-state index in [1.165, 1.54) is 0 Å². The molecular weight excluding hydrogens is 244 g/mol. The van der Waals surface area contributed by atoms with E-state index in [-0.39, 0.29) is 11.5 Å². The summed E-state index contributed by atoms with van der Waals surface area (Å²) in [6, 6.07) is 1.89. The summed E-state index contributed by atoms with van der Waals surface area (Å²) in [5.74, 6) is 0.954. The Balaban J connectivity index is 1.67. The van der Waals surface area contributed by atoms with Gasteiger partial charge in [-0.25, -0.2) is 0 Å². The third-order valence-electron chi connectivity index (χ3n) is 4.19. The largest absolute Gasteiger partial charge is 0.375 e. The molecule has 5 heteroatoms. The molecule has 1 spiro atoms. The number of carbonyl (C=O) groups excluding carboxylic acids is 1. The number of aromatic nitrogens is 1. The average Bonchev–Trinajstić information content (AvgIpc) is 2.98. The first-order valence-electron chi connectivity index (χ1n) is 7.01. The summed E-state index contributed by atoms with van der Waals surface area (Å²) in [7, 11) is 0. The van der Waals surface area contributed by atoms with Gasteiger partial charge >= 0.3 is 0 Å². The fourth-order valence-corrected chi connectivity index (χ4v) is 3.08. The van der Waals surface area contributed by atoms with Crippen LogP contribution in [0.3, 0.4) is 0 Å². The van der Waals surface area contributed by atoms with Gasteiger partial charge in [-0.2, -0.15) is 0 Å². The van der Waals surface area contributed by atoms with Crippen molar-refractivity contribution in [2.75, 3.05) is 13.2 Å². The van der Waals surface area contributed by atoms with Crippen LogP contribution in [0, 0.1) is 6.92 Å². The van der Waals surface area contributed by atoms with Crippen molar-refractivity contribution in [3.05, 3.63) is 17.5 Å². The minimum absolute atomic E-state index is 0.0399. The minimum Gasteiger partial charge on any atom is -0.375 e. The van der Waals surface area contributed by atoms with Gasteiger partial charge in [-0.3, -0.25) is 4.79 Å². The molecule has 1 aromatic rings. The van der Waals surface area contributed by atoms with Crippen LogP contribution < -0.4 is 0 Å². The van der Waals surface area contributed by atoms with Crippen molar-refractivity contribution in [1.29, 1.82) is 0 Å². The summed E-state index contributed by atoms with van der Waals surface area (Å²) in [5.41, 5.74) is 0.815. The molecule has 0 saturated carbocycles. The van der Waals surface area contributed by atoms with Crippen molar-refractivity contribution in [3.63, 3.8) is 0 Å². The molecule has 3 heterocycles. The molecule has 1 atom stereocenters. The van der Waals surface area contributed by atoms with Crippen LogP contribution in [-0.4, -0.2) is 34.7 Å². The van der Waals surface area contributed by atoms with E-state index in [1.807, 2.05) is 17.9 Å². The van der Waals surface area contributed by atoms with Crippen LogP contribution in [0.15, 0.2) is 10.6 Å². The van der Waals surface area contributed by atoms with Crippen LogP contribution in [0.4, 0.5) is 0 Å². The molecule has 1 aromatic heterocycles. The quantitative estimate of drug-likeness (QED) is 0.820. The van der Waals surface area contributed by atoms with Gasteiger partial charge in [0, 0.05) is 25.6 Å². The fraction of sp³-hybridized carbons (Fsp3) is 0.714. The van der Waals surface area contributed by atoms with Gasteiger partial charge in [0.1, 0.15) is 0 Å². The molecule has 0 radical (unpaired) electrons. The standard InChI is InChI=1S/C14H20N2O3/c1-11-9-12(19-15-11)10-16-7-6-14(4-2-8-18-14)5-3-13(16)17/h9H,2-8,10H2,1H3. The second-order valence-electron chi connectivity index (χ2n) is 5.63. The van der Waals surface area contributed by atoms with E-state index in [0.29, 0.717) is 13.0 Å². The number of carbonyl (C=O) groups is 1. The first-order chi connectivity index (χ1) is 9.17. The molecule has 1 amide bonds. The van der Waals surface area contributed by atoms with E-state index >= 15 is 0 Å². The third kappa shape index (κ3) is 2.66. The van der Waals surface area contributed by atoms with Gasteiger partial charge in [0.15, 0.2) is 5.76 Å². The highest BCUT2D eigenvalue weighted by atomic mass is 16.5. The first kappa shape index (κ1) is 12.7. The highest BCUT2D eigenvalue weighted by Crippen LogP contribution is 2.36. The van der Waals surface area contributed by atoms with E-state index in [9.17, 15) is 4.79 Å². The van der Waals surface area contributed by atoms with Gasteiger partial charge in [-0.15, -0.1) is 0 Å². The van der Waals surface area contributed by atoms with Gasteiger partial charge in [0.25, 0.3) is 0 Å². The van der Waals surface area contributed by atoms with Gasteiger partial charge in [0.05, 0.1) is 17.8 Å². The zero-order valence-electron chi connectivity index (χ0n) is 11.4. The van der Waals surface area contributed by atoms with Crippen LogP contribution in [0.1, 0.15) is 43.6 Å². The normalized spacial score (nSPS) is 28.1. The maximum atomic E-state index is 12.2. The van der Waals surface area contributed by atoms with Crippen LogP contribution >= 0.6 is 0 Å². The number of hydrogen-bond acceptors (Lipinski definition) is 4. The van der Waals surface area contributed by atoms with Gasteiger partial charge < -0.3 is 14.2 Å². The summed E-state index contributed by atoms with van der Waals surface area (Å²) in [6.07, 6.45) is 4.59. The first-order valence-corrected chi connectivity index (χ1v) is 7.01. The molecule has 2 fully saturated rings. The molecule has 2 aliphatic heterocycles. The number of hydrogen-bond donors (Lipinski definition) is 0. The highest BCUT2D eigenvalue weighted by Gasteiger charge is 2.38. The van der Waals surface area contributed by atoms with Crippen molar-refractivity contribution in [3.8, 4) is 0 Å². The van der Waals surface area contributed by atoms with Gasteiger partial charge in [0.2, 0.25) is 5.91 Å². The SMILES string of the molecule is Cc1cc(CN2CCC3(CCCO3)CCC2=O)on1. The maximum Gasteiger partial charge on any atom is 0.223 e. The van der Waals surface area contributed by atoms with Crippen molar-refractivity contribution in [2.45, 2.75) is 51.2 Å². The summed E-state index contributed by atoms with van der Waals surface area (Å²) >= 11 is 0. The van der Waals surface area contributed by atoms with Crippen molar-refractivity contribution in [1.82, 2.24) is 10.1 Å². The van der Waals surface area contributed by atoms with Crippen molar-refractivity contribution >= 4 is 5.91 Å². The Morgan fingerprint density at radius 3 is 3.00 bits per heavy atom. The van der Waals surface area contributed by atoms with E-state index in [4.69, 9.17) is 9.26 Å². The second kappa shape index (κ2) is 4.96. The van der Waals surface area contributed by atoms with Crippen molar-refractivity contribution < 1.29 is 14.1 Å². The summed E-state index contributed by atoms with van der Waals surface area (Å²) in [4.78, 5) is 14.0. The van der Waals surface area contributed by atoms with E-state index in [0.717, 1.165) is 50.3 Å². The molecular formula is C14H20N2O3. The van der Waals surface area contributed by atoms with Gasteiger partial charge in [-0.1, -0.05) is 5.16 Å². The van der Waals surface area contributed by atoms with Crippen LogP contribution in [-0.2, 0) is 16.1 Å². The molecule has 0 aromatic carbocycles. The zero-order valence-corrected chi connectivity index (χ0v) is 11.4. The third-order valence-corrected chi connectivity index (χ3v) is 4.19. The zero-order chi connectivity index (χ0) is 13.3. The van der Waals surface area contributed by atoms with Crippen molar-refractivity contribution in [2.24, 2.45) is 0 Å². The fourth-order valence-electron chi connectivity index (χ4n) is 3.08. The Bertz CT molecular complexity index is 463. The molecule has 0 N–H and O–H groups in total. The smallest absolute Gasteiger partial charge is 0.223 e. The Labute approximate surface area is 112 Å². The molecule has 0 aliphatic carbocycles. The Morgan fingerprint density at radius 2 is 2.32 bits per heavy atom. The summed E-state index contributed by atoms with van der Waals surface area (Å²) in [6.45, 7) is 4.00. The van der Waals surface area contributed by atoms with E-state index in [1.54, 1.807) is 0 Å². The maximum absolute atomic E-state index is 12.2. The molecule has 2 aliphatic rings. The number of nitrogens with zero attached hydrogens (tertiary/aromatic N) is 2. The number of ether oxygens (including phenoxy) is 1. The minimum atomic E-state index is -0.0399. The lowest BCUT2D eigenvalue weighted by atomic mass is 9.92. The van der Waals surface area contributed by atoms with Crippen LogP contribution in [0.2, 0.25) is 0 Å². The summed E-state index contributed by atoms with van der Waals surface area (Å²) < 4.78 is 11.1. The van der Waals surface area contributed by atoms with E-state index < -0.39 is 0 Å². The predicted octanol–water partition coefficient (Wildman–Crippen LogP) is 2.04. The summed E-state index contributed by atoms with van der Waals surface area (Å²) in [5, 5.41) is 3.86. The Morgan fingerprint density at radius 1 is 1.42 bits per heavy atom. The Kier molecular flexibility index (Phi) is 3.31. The lowest BCUT2D eigenvalue weighted by Gasteiger charge is -2.26. The predicted molar refractivity (Wildman–Crippen MR) is 68.4 cm³/mol. The molecule has 3 rings (SSSR count). The molecule has 5 nitrogen and oxygen atoms in total. The van der Waals surface area contributed by atoms with E-state index in [2.05, 4.69) is 5.16 Å². The number of likely N-dealkylation sites (tertiary alicyclic amines) is 1. The Hall–Kier alpha value is -1.36. The number of rotatable bonds is 2. The average molecular weight is 264 g/mol. The second-order valence-corrected chi connectivity index (χ2v) is 5.63. The monoisotopic (exact) mass is 264 g/mol. The van der Waals surface area contributed by atoms with Gasteiger partial charge in [-0.05, 0) is 32.6 Å². The lowest BCUT2D eigenvalue weighted by Crippen LogP contribution is -2.31. The lowest BCUT2D eigenvalue weighted by molar-refractivity contribution is -0.131. The molecule has 0 bridgehead atoms. The molecule has 104 valence electrons. The highest BCUT2D eigenvalue weighted by molar-refractivity contribution is 5.76. The number of amides is 1. The van der Waals surface area contributed by atoms with Crippen LogP contribution in [0.5, 0.6) is 0 Å². The topological polar surface area (TPSA) is 55.6 Å².